The van der Waals surface area contributed by atoms with E-state index in [0.29, 0.717) is 23.1 Å². The van der Waals surface area contributed by atoms with Gasteiger partial charge < -0.3 is 14.1 Å². The molecule has 0 saturated carbocycles. The lowest BCUT2D eigenvalue weighted by Crippen LogP contribution is -2.29. The topological polar surface area (TPSA) is 59.8 Å². The van der Waals surface area contributed by atoms with Crippen LogP contribution >= 0.6 is 0 Å². The number of carbonyl (C=O) groups excluding carboxylic acids is 1. The van der Waals surface area contributed by atoms with Gasteiger partial charge in [-0.1, -0.05) is 55.0 Å². The number of ether oxygens (including phenoxy) is 1. The van der Waals surface area contributed by atoms with Crippen molar-refractivity contribution in [3.63, 3.8) is 0 Å². The maximum absolute atomic E-state index is 13.7. The average molecular weight is 440 g/mol. The van der Waals surface area contributed by atoms with Crippen LogP contribution in [-0.4, -0.2) is 17.9 Å². The number of carbonyl (C=O) groups is 1. The summed E-state index contributed by atoms with van der Waals surface area (Å²) in [6, 6.07) is 20.7. The van der Waals surface area contributed by atoms with Crippen molar-refractivity contribution in [1.29, 1.82) is 0 Å². The predicted molar refractivity (Wildman–Crippen MR) is 128 cm³/mol. The van der Waals surface area contributed by atoms with Crippen molar-refractivity contribution >= 4 is 16.9 Å². The molecular weight excluding hydrogens is 414 g/mol. The van der Waals surface area contributed by atoms with Crippen molar-refractivity contribution in [2.75, 3.05) is 7.11 Å². The van der Waals surface area contributed by atoms with Crippen molar-refractivity contribution in [2.45, 2.75) is 32.9 Å². The fraction of sp³-hybridized carbons (Fsp3) is 0.214. The summed E-state index contributed by atoms with van der Waals surface area (Å²) in [6.07, 6.45) is 0.919. The monoisotopic (exact) mass is 439 g/mol. The van der Waals surface area contributed by atoms with Gasteiger partial charge in [0.25, 0.3) is 5.91 Å². The lowest BCUT2D eigenvalue weighted by molar-refractivity contribution is 0.0714. The van der Waals surface area contributed by atoms with Crippen LogP contribution in [0.15, 0.2) is 75.9 Å². The molecule has 33 heavy (non-hydrogen) atoms. The first-order valence-electron chi connectivity index (χ1n) is 11.1. The van der Waals surface area contributed by atoms with Gasteiger partial charge in [0.2, 0.25) is 5.76 Å². The van der Waals surface area contributed by atoms with Crippen LogP contribution in [0.1, 0.15) is 51.3 Å². The Morgan fingerprint density at radius 3 is 2.30 bits per heavy atom. The Kier molecular flexibility index (Phi) is 5.25. The normalized spacial score (nSPS) is 15.2. The summed E-state index contributed by atoms with van der Waals surface area (Å²) >= 11 is 0. The van der Waals surface area contributed by atoms with Crippen LogP contribution in [0.4, 0.5) is 0 Å². The highest BCUT2D eigenvalue weighted by Crippen LogP contribution is 2.39. The van der Waals surface area contributed by atoms with Crippen LogP contribution < -0.4 is 10.2 Å². The van der Waals surface area contributed by atoms with Crippen molar-refractivity contribution in [2.24, 2.45) is 0 Å². The van der Waals surface area contributed by atoms with Crippen molar-refractivity contribution in [3.8, 4) is 5.75 Å². The van der Waals surface area contributed by atoms with E-state index in [1.54, 1.807) is 18.1 Å². The smallest absolute Gasteiger partial charge is 0.291 e. The van der Waals surface area contributed by atoms with Gasteiger partial charge >= 0.3 is 0 Å². The number of nitrogens with zero attached hydrogens (tertiary/aromatic N) is 1. The molecule has 5 heteroatoms. The number of amides is 1. The highest BCUT2D eigenvalue weighted by molar-refractivity contribution is 5.99. The van der Waals surface area contributed by atoms with Gasteiger partial charge in [-0.25, -0.2) is 0 Å². The van der Waals surface area contributed by atoms with Gasteiger partial charge in [-0.05, 0) is 54.3 Å². The summed E-state index contributed by atoms with van der Waals surface area (Å²) in [7, 11) is 1.62. The zero-order valence-corrected chi connectivity index (χ0v) is 18.9. The van der Waals surface area contributed by atoms with Crippen LogP contribution in [0.5, 0.6) is 5.75 Å². The largest absolute Gasteiger partial charge is 0.497 e. The summed E-state index contributed by atoms with van der Waals surface area (Å²) in [5.74, 6) is 0.611. The molecule has 166 valence electrons. The van der Waals surface area contributed by atoms with E-state index in [2.05, 4.69) is 19.1 Å². The Morgan fingerprint density at radius 2 is 1.64 bits per heavy atom. The Labute approximate surface area is 192 Å². The van der Waals surface area contributed by atoms with Gasteiger partial charge in [-0.2, -0.15) is 0 Å². The second-order valence-electron chi connectivity index (χ2n) is 8.45. The molecule has 4 aromatic rings. The van der Waals surface area contributed by atoms with E-state index in [1.807, 2.05) is 55.5 Å². The van der Waals surface area contributed by atoms with Gasteiger partial charge in [-0.15, -0.1) is 0 Å². The van der Waals surface area contributed by atoms with E-state index in [-0.39, 0.29) is 17.1 Å². The fourth-order valence-electron chi connectivity index (χ4n) is 4.51. The first-order valence-corrected chi connectivity index (χ1v) is 11.1. The van der Waals surface area contributed by atoms with E-state index in [9.17, 15) is 9.59 Å². The van der Waals surface area contributed by atoms with E-state index in [1.165, 1.54) is 5.56 Å². The number of rotatable bonds is 5. The van der Waals surface area contributed by atoms with Crippen LogP contribution in [-0.2, 0) is 13.0 Å². The van der Waals surface area contributed by atoms with Gasteiger partial charge in [0, 0.05) is 6.54 Å². The highest BCUT2D eigenvalue weighted by atomic mass is 16.5. The van der Waals surface area contributed by atoms with Gasteiger partial charge in [-0.3, -0.25) is 9.59 Å². The first kappa shape index (κ1) is 21.0. The molecule has 0 radical (unpaired) electrons. The molecule has 5 rings (SSSR count). The average Bonchev–Trinajstić information content (AvgIpc) is 3.12. The summed E-state index contributed by atoms with van der Waals surface area (Å²) < 4.78 is 11.3. The number of benzene rings is 3. The minimum absolute atomic E-state index is 0.134. The molecule has 0 saturated heterocycles. The van der Waals surface area contributed by atoms with Crippen molar-refractivity contribution in [3.05, 3.63) is 111 Å². The molecule has 1 aromatic heterocycles. The minimum atomic E-state index is -0.512. The molecular formula is C28H25NO4. The zero-order chi connectivity index (χ0) is 23.1. The third-order valence-electron chi connectivity index (χ3n) is 6.34. The molecule has 0 bridgehead atoms. The Morgan fingerprint density at radius 1 is 0.939 bits per heavy atom. The number of hydrogen-bond acceptors (Lipinski definition) is 4. The Hall–Kier alpha value is -3.86. The molecule has 0 N–H and O–H groups in total. The van der Waals surface area contributed by atoms with Crippen LogP contribution in [0.25, 0.3) is 11.0 Å². The number of methoxy groups -OCH3 is 1. The SMILES string of the molecule is CCc1ccc(C2c3c(oc4ccc(C)cc4c3=O)C(=O)N2Cc2ccc(OC)cc2)cc1. The maximum Gasteiger partial charge on any atom is 0.291 e. The second-order valence-corrected chi connectivity index (χ2v) is 8.45. The lowest BCUT2D eigenvalue weighted by Gasteiger charge is -2.25. The molecule has 3 aromatic carbocycles. The van der Waals surface area contributed by atoms with E-state index < -0.39 is 6.04 Å². The molecule has 1 unspecified atom stereocenters. The lowest BCUT2D eigenvalue weighted by atomic mass is 9.96. The molecule has 0 spiro atoms. The quantitative estimate of drug-likeness (QED) is 0.417. The number of fused-ring (bicyclic) bond motifs is 2. The van der Waals surface area contributed by atoms with Crippen LogP contribution in [0.3, 0.4) is 0 Å². The van der Waals surface area contributed by atoms with Crippen molar-refractivity contribution < 1.29 is 13.9 Å². The summed E-state index contributed by atoms with van der Waals surface area (Å²) in [4.78, 5) is 28.9. The highest BCUT2D eigenvalue weighted by Gasteiger charge is 2.42. The standard InChI is InChI=1S/C28H25NO4/c1-4-18-6-10-20(11-7-18)25-24-26(30)22-15-17(2)5-14-23(22)33-27(24)28(31)29(25)16-19-8-12-21(32-3)13-9-19/h5-15,25H,4,16H2,1-3H3. The molecule has 1 amide bonds. The first-order chi connectivity index (χ1) is 16.0. The predicted octanol–water partition coefficient (Wildman–Crippen LogP) is 5.42. The van der Waals surface area contributed by atoms with Gasteiger partial charge in [0.15, 0.2) is 5.43 Å². The molecule has 0 fully saturated rings. The second kappa shape index (κ2) is 8.24. The van der Waals surface area contributed by atoms with Crippen molar-refractivity contribution in [1.82, 2.24) is 4.90 Å². The van der Waals surface area contributed by atoms with Crippen LogP contribution in [0, 0.1) is 6.92 Å². The summed E-state index contributed by atoms with van der Waals surface area (Å²) in [5.41, 5.74) is 4.71. The summed E-state index contributed by atoms with van der Waals surface area (Å²) in [6.45, 7) is 4.39. The van der Waals surface area contributed by atoms with E-state index >= 15 is 0 Å². The molecule has 2 heterocycles. The molecule has 0 aliphatic carbocycles. The maximum atomic E-state index is 13.7. The zero-order valence-electron chi connectivity index (χ0n) is 18.9. The Bertz CT molecular complexity index is 1400. The third-order valence-corrected chi connectivity index (χ3v) is 6.34. The number of aryl methyl sites for hydroxylation is 2. The third kappa shape index (κ3) is 3.59. The fourth-order valence-corrected chi connectivity index (χ4v) is 4.51. The minimum Gasteiger partial charge on any atom is -0.497 e. The summed E-state index contributed by atoms with van der Waals surface area (Å²) in [5, 5.41) is 0.503. The Balaban J connectivity index is 1.67. The molecule has 1 aliphatic heterocycles. The van der Waals surface area contributed by atoms with Crippen LogP contribution in [0.2, 0.25) is 0 Å². The van der Waals surface area contributed by atoms with E-state index in [4.69, 9.17) is 9.15 Å². The molecule has 1 aliphatic rings. The molecule has 1 atom stereocenters. The van der Waals surface area contributed by atoms with Gasteiger partial charge in [0.05, 0.1) is 24.1 Å². The van der Waals surface area contributed by atoms with E-state index in [0.717, 1.165) is 28.9 Å². The number of hydrogen-bond donors (Lipinski definition) is 0. The van der Waals surface area contributed by atoms with Gasteiger partial charge in [0.1, 0.15) is 11.3 Å². The molecule has 5 nitrogen and oxygen atoms in total.